The van der Waals surface area contributed by atoms with Crippen LogP contribution >= 0.6 is 0 Å². The molecule has 0 amide bonds. The van der Waals surface area contributed by atoms with Crippen LogP contribution in [-0.2, 0) is 19.0 Å². The molecule has 0 saturated carbocycles. The van der Waals surface area contributed by atoms with E-state index >= 15 is 0 Å². The van der Waals surface area contributed by atoms with E-state index in [1.807, 2.05) is 0 Å². The van der Waals surface area contributed by atoms with Crippen molar-refractivity contribution in [1.29, 1.82) is 0 Å². The van der Waals surface area contributed by atoms with Gasteiger partial charge >= 0.3 is 5.97 Å². The Kier molecular flexibility index (Phi) is 3.86. The normalized spacial score (nSPS) is 38.0. The van der Waals surface area contributed by atoms with Gasteiger partial charge in [-0.1, -0.05) is 0 Å². The number of carbonyl (C=O) groups excluding carboxylic acids is 1. The van der Waals surface area contributed by atoms with E-state index in [1.54, 1.807) is 6.92 Å². The molecule has 0 aliphatic carbocycles. The average molecular weight is 204 g/mol. The number of carbonyl (C=O) groups is 1. The van der Waals surface area contributed by atoms with Crippen LogP contribution in [0, 0.1) is 0 Å². The van der Waals surface area contributed by atoms with E-state index in [-0.39, 0.29) is 0 Å². The van der Waals surface area contributed by atoms with Crippen LogP contribution < -0.4 is 0 Å². The monoisotopic (exact) mass is 204 g/mol. The number of hydrogen-bond acceptors (Lipinski definition) is 5. The zero-order chi connectivity index (χ0) is 10.7. The van der Waals surface area contributed by atoms with Crippen molar-refractivity contribution in [2.24, 2.45) is 0 Å². The summed E-state index contributed by atoms with van der Waals surface area (Å²) in [6.07, 6.45) is -1.77. The molecule has 82 valence electrons. The fourth-order valence-electron chi connectivity index (χ4n) is 1.49. The van der Waals surface area contributed by atoms with Gasteiger partial charge in [0.05, 0.1) is 6.10 Å². The first-order chi connectivity index (χ1) is 6.54. The van der Waals surface area contributed by atoms with Crippen molar-refractivity contribution < 1.29 is 24.1 Å². The Morgan fingerprint density at radius 1 is 1.57 bits per heavy atom. The first-order valence-corrected chi connectivity index (χ1v) is 4.58. The van der Waals surface area contributed by atoms with Gasteiger partial charge in [0.15, 0.2) is 6.29 Å². The maximum atomic E-state index is 10.7. The van der Waals surface area contributed by atoms with Gasteiger partial charge in [-0.3, -0.25) is 4.79 Å². The summed E-state index contributed by atoms with van der Waals surface area (Å²) >= 11 is 0. The highest BCUT2D eigenvalue weighted by Gasteiger charge is 2.37. The van der Waals surface area contributed by atoms with E-state index in [4.69, 9.17) is 14.2 Å². The molecule has 4 atom stereocenters. The summed E-state index contributed by atoms with van der Waals surface area (Å²) in [5.74, 6) is -0.405. The van der Waals surface area contributed by atoms with Gasteiger partial charge in [-0.15, -0.1) is 0 Å². The molecule has 0 radical (unpaired) electrons. The standard InChI is InChI=1S/C9H16O5/c1-5-9(11)7(14-6(2)10)4-8(12-3)13-5/h5,7-9,11H,4H2,1-3H3/t5-,7+,8+,9-/m1/s1. The Hall–Kier alpha value is -0.650. The number of rotatable bonds is 2. The third-order valence-electron chi connectivity index (χ3n) is 2.23. The Balaban J connectivity index is 2.57. The summed E-state index contributed by atoms with van der Waals surface area (Å²) in [4.78, 5) is 10.7. The van der Waals surface area contributed by atoms with Crippen LogP contribution in [0.4, 0.5) is 0 Å². The lowest BCUT2D eigenvalue weighted by atomic mass is 10.0. The Bertz CT molecular complexity index is 205. The molecule has 0 aromatic carbocycles. The largest absolute Gasteiger partial charge is 0.459 e. The van der Waals surface area contributed by atoms with Crippen LogP contribution in [0.3, 0.4) is 0 Å². The maximum Gasteiger partial charge on any atom is 0.302 e. The first-order valence-electron chi connectivity index (χ1n) is 4.58. The van der Waals surface area contributed by atoms with Crippen molar-refractivity contribution >= 4 is 5.97 Å². The molecule has 1 fully saturated rings. The summed E-state index contributed by atoms with van der Waals surface area (Å²) < 4.78 is 15.3. The highest BCUT2D eigenvalue weighted by Crippen LogP contribution is 2.22. The molecule has 1 aliphatic rings. The molecule has 0 aromatic heterocycles. The topological polar surface area (TPSA) is 65.0 Å². The highest BCUT2D eigenvalue weighted by atomic mass is 16.7. The van der Waals surface area contributed by atoms with Gasteiger partial charge in [-0.25, -0.2) is 0 Å². The van der Waals surface area contributed by atoms with Crippen molar-refractivity contribution in [3.05, 3.63) is 0 Å². The van der Waals surface area contributed by atoms with Crippen molar-refractivity contribution in [2.75, 3.05) is 7.11 Å². The van der Waals surface area contributed by atoms with E-state index in [0.29, 0.717) is 6.42 Å². The van der Waals surface area contributed by atoms with Gasteiger partial charge in [0, 0.05) is 20.5 Å². The fourth-order valence-corrected chi connectivity index (χ4v) is 1.49. The third kappa shape index (κ3) is 2.67. The lowest BCUT2D eigenvalue weighted by Gasteiger charge is -2.36. The molecule has 1 heterocycles. The van der Waals surface area contributed by atoms with Gasteiger partial charge in [0.2, 0.25) is 0 Å². The molecular weight excluding hydrogens is 188 g/mol. The molecule has 5 heteroatoms. The van der Waals surface area contributed by atoms with Crippen molar-refractivity contribution in [1.82, 2.24) is 0 Å². The molecule has 1 N–H and O–H groups in total. The Labute approximate surface area is 82.9 Å². The van der Waals surface area contributed by atoms with Crippen molar-refractivity contribution in [2.45, 2.75) is 44.9 Å². The van der Waals surface area contributed by atoms with Crippen LogP contribution in [0.5, 0.6) is 0 Å². The van der Waals surface area contributed by atoms with Gasteiger partial charge in [-0.05, 0) is 6.92 Å². The first kappa shape index (κ1) is 11.4. The lowest BCUT2D eigenvalue weighted by Crippen LogP contribution is -2.49. The van der Waals surface area contributed by atoms with Crippen LogP contribution in [0.25, 0.3) is 0 Å². The molecule has 1 saturated heterocycles. The van der Waals surface area contributed by atoms with E-state index in [9.17, 15) is 9.90 Å². The summed E-state index contributed by atoms with van der Waals surface area (Å²) in [5.41, 5.74) is 0. The van der Waals surface area contributed by atoms with Crippen LogP contribution in [0.1, 0.15) is 20.3 Å². The van der Waals surface area contributed by atoms with Gasteiger partial charge < -0.3 is 19.3 Å². The molecule has 0 spiro atoms. The van der Waals surface area contributed by atoms with E-state index in [1.165, 1.54) is 14.0 Å². The van der Waals surface area contributed by atoms with E-state index in [0.717, 1.165) is 0 Å². The predicted molar refractivity (Wildman–Crippen MR) is 47.5 cm³/mol. The molecule has 0 aromatic rings. The molecular formula is C9H16O5. The van der Waals surface area contributed by atoms with Crippen molar-refractivity contribution in [3.63, 3.8) is 0 Å². The summed E-state index contributed by atoms with van der Waals surface area (Å²) in [5, 5.41) is 9.64. The minimum atomic E-state index is -0.787. The molecule has 0 bridgehead atoms. The third-order valence-corrected chi connectivity index (χ3v) is 2.23. The van der Waals surface area contributed by atoms with Crippen LogP contribution in [-0.4, -0.2) is 42.8 Å². The van der Waals surface area contributed by atoms with E-state index in [2.05, 4.69) is 0 Å². The molecule has 0 unspecified atom stereocenters. The summed E-state index contributed by atoms with van der Waals surface area (Å²) in [6.45, 7) is 3.03. The van der Waals surface area contributed by atoms with Gasteiger partial charge in [0.1, 0.15) is 12.2 Å². The summed E-state index contributed by atoms with van der Waals surface area (Å²) in [6, 6.07) is 0. The maximum absolute atomic E-state index is 10.7. The van der Waals surface area contributed by atoms with E-state index < -0.39 is 30.6 Å². The smallest absolute Gasteiger partial charge is 0.302 e. The highest BCUT2D eigenvalue weighted by molar-refractivity contribution is 5.66. The lowest BCUT2D eigenvalue weighted by molar-refractivity contribution is -0.242. The fraction of sp³-hybridized carbons (Fsp3) is 0.889. The predicted octanol–water partition coefficient (Wildman–Crippen LogP) is 0.0603. The van der Waals surface area contributed by atoms with Gasteiger partial charge in [-0.2, -0.15) is 0 Å². The second-order valence-corrected chi connectivity index (χ2v) is 3.38. The molecule has 5 nitrogen and oxygen atoms in total. The van der Waals surface area contributed by atoms with Gasteiger partial charge in [0.25, 0.3) is 0 Å². The quantitative estimate of drug-likeness (QED) is 0.644. The minimum absolute atomic E-state index is 0.363. The Morgan fingerprint density at radius 3 is 2.71 bits per heavy atom. The van der Waals surface area contributed by atoms with Crippen LogP contribution in [0.2, 0.25) is 0 Å². The Morgan fingerprint density at radius 2 is 2.21 bits per heavy atom. The summed E-state index contributed by atoms with van der Waals surface area (Å²) in [7, 11) is 1.51. The SMILES string of the molecule is CO[C@@H]1C[C@H](OC(C)=O)[C@H](O)[C@@H](C)O1. The second-order valence-electron chi connectivity index (χ2n) is 3.38. The number of methoxy groups -OCH3 is 1. The number of esters is 1. The van der Waals surface area contributed by atoms with Crippen LogP contribution in [0.15, 0.2) is 0 Å². The second kappa shape index (κ2) is 4.72. The number of ether oxygens (including phenoxy) is 3. The zero-order valence-corrected chi connectivity index (χ0v) is 8.60. The number of aliphatic hydroxyl groups excluding tert-OH is 1. The average Bonchev–Trinajstić information content (AvgIpc) is 2.11. The van der Waals surface area contributed by atoms with Crippen molar-refractivity contribution in [3.8, 4) is 0 Å². The molecule has 1 rings (SSSR count). The number of hydrogen-bond donors (Lipinski definition) is 1. The minimum Gasteiger partial charge on any atom is -0.459 e. The zero-order valence-electron chi connectivity index (χ0n) is 8.60. The molecule has 1 aliphatic heterocycles. The number of aliphatic hydroxyl groups is 1. The molecule has 14 heavy (non-hydrogen) atoms.